The third-order valence-corrected chi connectivity index (χ3v) is 1.57. The van der Waals surface area contributed by atoms with Gasteiger partial charge in [-0.1, -0.05) is 0 Å². The molecule has 0 atom stereocenters. The van der Waals surface area contributed by atoms with Crippen molar-refractivity contribution >= 4 is 0 Å². The Kier molecular flexibility index (Phi) is 2.89. The van der Waals surface area contributed by atoms with Gasteiger partial charge in [-0.15, -0.1) is 0 Å². The molecule has 0 heterocycles. The van der Waals surface area contributed by atoms with Gasteiger partial charge in [0.25, 0.3) is 0 Å². The Morgan fingerprint density at radius 3 is 2.69 bits per heavy atom. The third kappa shape index (κ3) is 2.77. The van der Waals surface area contributed by atoms with E-state index >= 15 is 0 Å². The first kappa shape index (κ1) is 9.57. The Morgan fingerprint density at radius 1 is 1.38 bits per heavy atom. The Bertz CT molecular complexity index is 328. The van der Waals surface area contributed by atoms with Gasteiger partial charge in [0.15, 0.2) is 0 Å². The van der Waals surface area contributed by atoms with Crippen molar-refractivity contribution < 1.29 is 13.7 Å². The van der Waals surface area contributed by atoms with Gasteiger partial charge in [0.1, 0.15) is 11.6 Å². The van der Waals surface area contributed by atoms with Gasteiger partial charge in [0.05, 0.1) is 0 Å². The van der Waals surface area contributed by atoms with E-state index in [1.54, 1.807) is 0 Å². The maximum Gasteiger partial charge on any atom is 0.208 e. The average Bonchev–Trinajstić information content (AvgIpc) is 2.06. The molecular formula is C8H7F2NO2. The van der Waals surface area contributed by atoms with Gasteiger partial charge in [-0.2, -0.15) is 0 Å². The zero-order valence-corrected chi connectivity index (χ0v) is 6.67. The number of rotatable bonds is 3. The summed E-state index contributed by atoms with van der Waals surface area (Å²) in [5.41, 5.74) is 0.0386. The summed E-state index contributed by atoms with van der Waals surface area (Å²) >= 11 is 0. The van der Waals surface area contributed by atoms with Crippen LogP contribution < -0.4 is 0 Å². The number of nitrogens with zero attached hydrogens (tertiary/aromatic N) is 1. The van der Waals surface area contributed by atoms with Crippen molar-refractivity contribution in [2.45, 2.75) is 6.42 Å². The zero-order chi connectivity index (χ0) is 9.84. The van der Waals surface area contributed by atoms with Crippen LogP contribution in [0.15, 0.2) is 18.2 Å². The van der Waals surface area contributed by atoms with Crippen LogP contribution in [0, 0.1) is 21.7 Å². The summed E-state index contributed by atoms with van der Waals surface area (Å²) < 4.78 is 25.4. The molecule has 1 aromatic rings. The van der Waals surface area contributed by atoms with Crippen molar-refractivity contribution in [3.05, 3.63) is 45.5 Å². The van der Waals surface area contributed by atoms with Crippen LogP contribution in [0.1, 0.15) is 5.56 Å². The van der Waals surface area contributed by atoms with Crippen molar-refractivity contribution in [3.63, 3.8) is 0 Å². The summed E-state index contributed by atoms with van der Waals surface area (Å²) in [5.74, 6) is -1.19. The molecule has 0 amide bonds. The van der Waals surface area contributed by atoms with E-state index in [0.717, 1.165) is 18.2 Å². The van der Waals surface area contributed by atoms with Crippen LogP contribution in [0.4, 0.5) is 8.78 Å². The normalized spacial score (nSPS) is 10.0. The van der Waals surface area contributed by atoms with Gasteiger partial charge in [-0.05, 0) is 23.8 Å². The molecule has 0 spiro atoms. The molecule has 13 heavy (non-hydrogen) atoms. The highest BCUT2D eigenvalue weighted by Gasteiger charge is 2.06. The summed E-state index contributed by atoms with van der Waals surface area (Å²) in [7, 11) is 0. The first-order valence-electron chi connectivity index (χ1n) is 3.65. The summed E-state index contributed by atoms with van der Waals surface area (Å²) in [6.45, 7) is -0.389. The molecule has 0 N–H and O–H groups in total. The monoisotopic (exact) mass is 187 g/mol. The molecule has 0 fully saturated rings. The number of benzene rings is 1. The van der Waals surface area contributed by atoms with Crippen molar-refractivity contribution in [2.75, 3.05) is 6.54 Å². The molecule has 0 aliphatic heterocycles. The lowest BCUT2D eigenvalue weighted by Gasteiger charge is -1.99. The van der Waals surface area contributed by atoms with E-state index < -0.39 is 16.6 Å². The van der Waals surface area contributed by atoms with E-state index in [1.165, 1.54) is 0 Å². The van der Waals surface area contributed by atoms with Crippen LogP contribution in [-0.4, -0.2) is 11.5 Å². The Balaban J connectivity index is 2.75. The predicted molar refractivity (Wildman–Crippen MR) is 41.9 cm³/mol. The van der Waals surface area contributed by atoms with Gasteiger partial charge in [-0.25, -0.2) is 8.78 Å². The fourth-order valence-corrected chi connectivity index (χ4v) is 0.947. The summed E-state index contributed by atoms with van der Waals surface area (Å²) in [4.78, 5) is 9.39. The van der Waals surface area contributed by atoms with Gasteiger partial charge < -0.3 is 0 Å². The third-order valence-electron chi connectivity index (χ3n) is 1.57. The van der Waals surface area contributed by atoms with Crippen molar-refractivity contribution in [3.8, 4) is 0 Å². The number of nitro groups is 1. The molecule has 0 unspecified atom stereocenters. The minimum absolute atomic E-state index is 0.0386. The Hall–Kier alpha value is -1.52. The van der Waals surface area contributed by atoms with E-state index in [0.29, 0.717) is 0 Å². The van der Waals surface area contributed by atoms with E-state index in [9.17, 15) is 18.9 Å². The summed E-state index contributed by atoms with van der Waals surface area (Å²) in [6, 6.07) is 2.91. The van der Waals surface area contributed by atoms with Crippen molar-refractivity contribution in [1.82, 2.24) is 0 Å². The van der Waals surface area contributed by atoms with Gasteiger partial charge in [0.2, 0.25) is 6.54 Å². The number of hydrogen-bond donors (Lipinski definition) is 0. The lowest BCUT2D eigenvalue weighted by molar-refractivity contribution is -0.479. The molecule has 0 aliphatic rings. The topological polar surface area (TPSA) is 43.1 Å². The van der Waals surface area contributed by atoms with Crippen LogP contribution >= 0.6 is 0 Å². The molecule has 0 radical (unpaired) electrons. The maximum atomic E-state index is 12.8. The lowest BCUT2D eigenvalue weighted by Crippen LogP contribution is -2.05. The molecule has 1 aromatic carbocycles. The minimum Gasteiger partial charge on any atom is -0.265 e. The van der Waals surface area contributed by atoms with Gasteiger partial charge in [-0.3, -0.25) is 10.1 Å². The Labute approximate surface area is 73.1 Å². The second-order valence-corrected chi connectivity index (χ2v) is 2.54. The molecule has 0 aromatic heterocycles. The minimum atomic E-state index is -0.608. The van der Waals surface area contributed by atoms with Gasteiger partial charge in [0, 0.05) is 11.3 Å². The van der Waals surface area contributed by atoms with E-state index in [-0.39, 0.29) is 18.5 Å². The number of hydrogen-bond acceptors (Lipinski definition) is 2. The quantitative estimate of drug-likeness (QED) is 0.534. The van der Waals surface area contributed by atoms with Crippen LogP contribution in [-0.2, 0) is 6.42 Å². The predicted octanol–water partition coefficient (Wildman–Crippen LogP) is 1.78. The number of halogens is 2. The molecule has 0 saturated heterocycles. The highest BCUT2D eigenvalue weighted by atomic mass is 19.1. The molecule has 0 saturated carbocycles. The molecule has 0 aliphatic carbocycles. The molecule has 1 rings (SSSR count). The fourth-order valence-electron chi connectivity index (χ4n) is 0.947. The van der Waals surface area contributed by atoms with Crippen molar-refractivity contribution in [1.29, 1.82) is 0 Å². The smallest absolute Gasteiger partial charge is 0.208 e. The van der Waals surface area contributed by atoms with Crippen molar-refractivity contribution in [2.24, 2.45) is 0 Å². The molecule has 70 valence electrons. The fraction of sp³-hybridized carbons (Fsp3) is 0.250. The summed E-state index contributed by atoms with van der Waals surface area (Å²) in [5, 5.41) is 9.96. The second-order valence-electron chi connectivity index (χ2n) is 2.54. The second kappa shape index (κ2) is 3.93. The SMILES string of the molecule is O=[N+]([O-])CCc1cc(F)ccc1F. The van der Waals surface area contributed by atoms with Crippen LogP contribution in [0.2, 0.25) is 0 Å². The molecular weight excluding hydrogens is 180 g/mol. The lowest BCUT2D eigenvalue weighted by atomic mass is 10.1. The van der Waals surface area contributed by atoms with E-state index in [1.807, 2.05) is 0 Å². The highest BCUT2D eigenvalue weighted by molar-refractivity contribution is 5.18. The van der Waals surface area contributed by atoms with E-state index in [2.05, 4.69) is 0 Å². The first-order valence-corrected chi connectivity index (χ1v) is 3.65. The summed E-state index contributed by atoms with van der Waals surface area (Å²) in [6.07, 6.45) is -0.0867. The van der Waals surface area contributed by atoms with E-state index in [4.69, 9.17) is 0 Å². The first-order chi connectivity index (χ1) is 6.09. The molecule has 5 heteroatoms. The van der Waals surface area contributed by atoms with Gasteiger partial charge >= 0.3 is 0 Å². The largest absolute Gasteiger partial charge is 0.265 e. The Morgan fingerprint density at radius 2 is 2.08 bits per heavy atom. The van der Waals surface area contributed by atoms with Crippen LogP contribution in [0.25, 0.3) is 0 Å². The molecule has 3 nitrogen and oxygen atoms in total. The van der Waals surface area contributed by atoms with Crippen LogP contribution in [0.3, 0.4) is 0 Å². The highest BCUT2D eigenvalue weighted by Crippen LogP contribution is 2.09. The molecule has 0 bridgehead atoms. The zero-order valence-electron chi connectivity index (χ0n) is 6.67. The maximum absolute atomic E-state index is 12.8. The standard InChI is InChI=1S/C8H7F2NO2/c9-7-1-2-8(10)6(5-7)3-4-11(12)13/h1-2,5H,3-4H2. The van der Waals surface area contributed by atoms with Crippen LogP contribution in [0.5, 0.6) is 0 Å². The average molecular weight is 187 g/mol.